The Kier molecular flexibility index (Phi) is 7.14. The van der Waals surface area contributed by atoms with Gasteiger partial charge in [0.25, 0.3) is 0 Å². The van der Waals surface area contributed by atoms with Gasteiger partial charge in [0, 0.05) is 38.5 Å². The van der Waals surface area contributed by atoms with E-state index in [1.807, 2.05) is 18.2 Å². The molecule has 0 N–H and O–H groups in total. The second kappa shape index (κ2) is 12.6. The van der Waals surface area contributed by atoms with E-state index in [0.717, 1.165) is 33.2 Å². The van der Waals surface area contributed by atoms with Crippen LogP contribution in [0, 0.1) is 0 Å². The highest BCUT2D eigenvalue weighted by Gasteiger charge is 2.19. The predicted octanol–water partition coefficient (Wildman–Crippen LogP) is 13.1. The highest BCUT2D eigenvalue weighted by molar-refractivity contribution is 6.20. The molecule has 11 aromatic rings. The Balaban J connectivity index is 1.10. The number of benzene rings is 9. The van der Waals surface area contributed by atoms with Gasteiger partial charge < -0.3 is 4.57 Å². The van der Waals surface area contributed by atoms with Gasteiger partial charge in [0.1, 0.15) is 0 Å². The molecule has 55 heavy (non-hydrogen) atoms. The first kappa shape index (κ1) is 31.1. The summed E-state index contributed by atoms with van der Waals surface area (Å²) in [5.74, 6) is 1.91. The largest absolute Gasteiger partial charge is 0.309 e. The molecule has 0 fully saturated rings. The van der Waals surface area contributed by atoms with E-state index < -0.39 is 0 Å². The fourth-order valence-electron chi connectivity index (χ4n) is 8.20. The van der Waals surface area contributed by atoms with Gasteiger partial charge in [-0.2, -0.15) is 0 Å². The van der Waals surface area contributed by atoms with E-state index in [0.29, 0.717) is 17.5 Å². The molecular formula is C51H32N4. The Morgan fingerprint density at radius 2 is 0.836 bits per heavy atom. The lowest BCUT2D eigenvalue weighted by Crippen LogP contribution is -2.01. The molecule has 0 aliphatic carbocycles. The van der Waals surface area contributed by atoms with Gasteiger partial charge in [-0.05, 0) is 80.5 Å². The molecule has 0 aliphatic heterocycles. The normalized spacial score (nSPS) is 11.6. The van der Waals surface area contributed by atoms with Crippen LogP contribution in [0.15, 0.2) is 194 Å². The Labute approximate surface area is 317 Å². The van der Waals surface area contributed by atoms with Gasteiger partial charge in [0.05, 0.1) is 11.0 Å². The molecule has 256 valence electrons. The monoisotopic (exact) mass is 700 g/mol. The van der Waals surface area contributed by atoms with Gasteiger partial charge in [0.2, 0.25) is 0 Å². The summed E-state index contributed by atoms with van der Waals surface area (Å²) in [5.41, 5.74) is 8.65. The van der Waals surface area contributed by atoms with Crippen LogP contribution >= 0.6 is 0 Å². The van der Waals surface area contributed by atoms with E-state index in [-0.39, 0.29) is 0 Å². The first-order valence-electron chi connectivity index (χ1n) is 18.6. The number of hydrogen-bond donors (Lipinski definition) is 0. The molecule has 9 aromatic carbocycles. The standard InChI is InChI=1S/C51H32N4/c1-3-13-33(14-4-1)40-29-30-45(43-22-12-11-21-42(40)43)51-53-49(35-16-5-2-6-17-35)52-50(54-51)36-23-26-39(27-24-36)55-47-32-38-19-8-7-18-37(38)31-46(47)44-28-25-34-15-9-10-20-41(34)48(44)55/h1-32H. The molecule has 0 saturated heterocycles. The number of aromatic nitrogens is 4. The minimum atomic E-state index is 0.630. The van der Waals surface area contributed by atoms with Crippen molar-refractivity contribution in [3.05, 3.63) is 194 Å². The number of fused-ring (bicyclic) bond motifs is 7. The van der Waals surface area contributed by atoms with Crippen LogP contribution in [0.2, 0.25) is 0 Å². The van der Waals surface area contributed by atoms with Crippen LogP contribution in [0.1, 0.15) is 0 Å². The lowest BCUT2D eigenvalue weighted by molar-refractivity contribution is 1.07. The molecular weight excluding hydrogens is 669 g/mol. The molecule has 0 radical (unpaired) electrons. The fraction of sp³-hybridized carbons (Fsp3) is 0. The van der Waals surface area contributed by atoms with Crippen LogP contribution in [-0.4, -0.2) is 19.5 Å². The molecule has 0 atom stereocenters. The van der Waals surface area contributed by atoms with E-state index in [9.17, 15) is 0 Å². The molecule has 0 saturated carbocycles. The van der Waals surface area contributed by atoms with Crippen molar-refractivity contribution in [2.75, 3.05) is 0 Å². The summed E-state index contributed by atoms with van der Waals surface area (Å²) in [4.78, 5) is 15.4. The molecule has 11 rings (SSSR count). The maximum Gasteiger partial charge on any atom is 0.164 e. The SMILES string of the molecule is c1ccc(-c2nc(-c3ccc(-n4c5cc6ccccc6cc5c5ccc6ccccc6c54)cc3)nc(-c3ccc(-c4ccccc4)c4ccccc34)n2)cc1. The van der Waals surface area contributed by atoms with Crippen molar-refractivity contribution in [3.63, 3.8) is 0 Å². The second-order valence-electron chi connectivity index (χ2n) is 14.0. The van der Waals surface area contributed by atoms with E-state index in [4.69, 9.17) is 15.0 Å². The average Bonchev–Trinajstić information content (AvgIpc) is 3.59. The van der Waals surface area contributed by atoms with Crippen molar-refractivity contribution in [1.29, 1.82) is 0 Å². The minimum absolute atomic E-state index is 0.630. The topological polar surface area (TPSA) is 43.6 Å². The number of rotatable bonds is 5. The zero-order valence-corrected chi connectivity index (χ0v) is 29.8. The van der Waals surface area contributed by atoms with Gasteiger partial charge in [0.15, 0.2) is 17.5 Å². The Morgan fingerprint density at radius 1 is 0.309 bits per heavy atom. The van der Waals surface area contributed by atoms with Gasteiger partial charge in [-0.15, -0.1) is 0 Å². The third kappa shape index (κ3) is 5.19. The fourth-order valence-corrected chi connectivity index (χ4v) is 8.20. The summed E-state index contributed by atoms with van der Waals surface area (Å²) in [5, 5.41) is 9.63. The lowest BCUT2D eigenvalue weighted by Gasteiger charge is -2.14. The molecule has 0 bridgehead atoms. The molecule has 0 aliphatic rings. The number of nitrogens with zero attached hydrogens (tertiary/aromatic N) is 4. The molecule has 2 aromatic heterocycles. The summed E-state index contributed by atoms with van der Waals surface area (Å²) >= 11 is 0. The van der Waals surface area contributed by atoms with Crippen LogP contribution < -0.4 is 0 Å². The molecule has 0 spiro atoms. The zero-order valence-electron chi connectivity index (χ0n) is 29.8. The summed E-state index contributed by atoms with van der Waals surface area (Å²) in [7, 11) is 0. The van der Waals surface area contributed by atoms with Crippen molar-refractivity contribution >= 4 is 54.1 Å². The predicted molar refractivity (Wildman–Crippen MR) is 228 cm³/mol. The summed E-state index contributed by atoms with van der Waals surface area (Å²) < 4.78 is 2.41. The molecule has 2 heterocycles. The first-order chi connectivity index (χ1) is 27.3. The highest BCUT2D eigenvalue weighted by Crippen LogP contribution is 2.40. The summed E-state index contributed by atoms with van der Waals surface area (Å²) in [6.07, 6.45) is 0. The first-order valence-corrected chi connectivity index (χ1v) is 18.6. The maximum atomic E-state index is 5.19. The Bertz CT molecular complexity index is 3240. The lowest BCUT2D eigenvalue weighted by atomic mass is 9.95. The molecule has 4 nitrogen and oxygen atoms in total. The van der Waals surface area contributed by atoms with Gasteiger partial charge in [-0.1, -0.05) is 152 Å². The average molecular weight is 701 g/mol. The summed E-state index contributed by atoms with van der Waals surface area (Å²) in [6.45, 7) is 0. The van der Waals surface area contributed by atoms with Gasteiger partial charge in [-0.3, -0.25) is 0 Å². The quantitative estimate of drug-likeness (QED) is 0.179. The van der Waals surface area contributed by atoms with Crippen molar-refractivity contribution in [1.82, 2.24) is 19.5 Å². The van der Waals surface area contributed by atoms with Crippen molar-refractivity contribution in [2.24, 2.45) is 0 Å². The van der Waals surface area contributed by atoms with Crippen LogP contribution in [0.5, 0.6) is 0 Å². The van der Waals surface area contributed by atoms with Crippen LogP contribution in [0.3, 0.4) is 0 Å². The smallest absolute Gasteiger partial charge is 0.164 e. The second-order valence-corrected chi connectivity index (χ2v) is 14.0. The summed E-state index contributed by atoms with van der Waals surface area (Å²) in [6, 6.07) is 68.7. The third-order valence-electron chi connectivity index (χ3n) is 10.8. The Hall–Kier alpha value is -7.43. The van der Waals surface area contributed by atoms with Crippen LogP contribution in [-0.2, 0) is 0 Å². The van der Waals surface area contributed by atoms with E-state index in [1.54, 1.807) is 0 Å². The van der Waals surface area contributed by atoms with E-state index in [2.05, 4.69) is 180 Å². The third-order valence-corrected chi connectivity index (χ3v) is 10.8. The Morgan fingerprint density at radius 3 is 1.55 bits per heavy atom. The minimum Gasteiger partial charge on any atom is -0.309 e. The van der Waals surface area contributed by atoms with E-state index >= 15 is 0 Å². The highest BCUT2D eigenvalue weighted by atomic mass is 15.0. The molecule has 0 unspecified atom stereocenters. The van der Waals surface area contributed by atoms with Crippen molar-refractivity contribution < 1.29 is 0 Å². The van der Waals surface area contributed by atoms with Gasteiger partial charge in [-0.25, -0.2) is 15.0 Å². The maximum absolute atomic E-state index is 5.19. The molecule has 0 amide bonds. The molecule has 4 heteroatoms. The van der Waals surface area contributed by atoms with Gasteiger partial charge >= 0.3 is 0 Å². The van der Waals surface area contributed by atoms with Crippen molar-refractivity contribution in [2.45, 2.75) is 0 Å². The number of hydrogen-bond acceptors (Lipinski definition) is 3. The zero-order chi connectivity index (χ0) is 36.3. The van der Waals surface area contributed by atoms with Crippen LogP contribution in [0.4, 0.5) is 0 Å². The van der Waals surface area contributed by atoms with E-state index in [1.165, 1.54) is 54.5 Å². The van der Waals surface area contributed by atoms with Crippen molar-refractivity contribution in [3.8, 4) is 51.0 Å². The van der Waals surface area contributed by atoms with Crippen LogP contribution in [0.25, 0.3) is 105 Å².